The molecule has 0 amide bonds. The number of hydrogen-bond donors (Lipinski definition) is 0. The number of nitrogens with zero attached hydrogens (tertiary/aromatic N) is 4. The van der Waals surface area contributed by atoms with Gasteiger partial charge in [-0.05, 0) is 48.5 Å². The van der Waals surface area contributed by atoms with Gasteiger partial charge in [-0.25, -0.2) is 4.74 Å². The number of aromatic nitrogens is 3. The maximum Gasteiger partial charge on any atom is 0.319 e. The van der Waals surface area contributed by atoms with Crippen LogP contribution in [0.4, 0.5) is 5.69 Å². The molecule has 0 spiro atoms. The molecule has 0 aliphatic rings. The van der Waals surface area contributed by atoms with E-state index in [-0.39, 0.29) is 0 Å². The molecule has 0 unspecified atom stereocenters. The third-order valence-electron chi connectivity index (χ3n) is 4.08. The van der Waals surface area contributed by atoms with Crippen LogP contribution in [0.5, 0.6) is 5.75 Å². The quantitative estimate of drug-likeness (QED) is 0.187. The van der Waals surface area contributed by atoms with Crippen LogP contribution in [0.1, 0.15) is 5.56 Å². The van der Waals surface area contributed by atoms with Crippen LogP contribution in [0.25, 0.3) is 11.0 Å². The SMILES string of the molecule is COc1ccc(/C(n2nnc3ccccc32)=[N+](/[O-])c2ccccc2)cc1. The van der Waals surface area contributed by atoms with E-state index in [0.29, 0.717) is 22.8 Å². The predicted octanol–water partition coefficient (Wildman–Crippen LogP) is 3.58. The zero-order valence-electron chi connectivity index (χ0n) is 14.1. The van der Waals surface area contributed by atoms with Gasteiger partial charge in [-0.2, -0.15) is 0 Å². The molecule has 0 aliphatic carbocycles. The minimum atomic E-state index is 0.368. The van der Waals surface area contributed by atoms with Crippen molar-refractivity contribution in [1.82, 2.24) is 15.0 Å². The van der Waals surface area contributed by atoms with E-state index < -0.39 is 0 Å². The molecule has 0 fully saturated rings. The van der Waals surface area contributed by atoms with Crippen molar-refractivity contribution in [3.05, 3.63) is 89.6 Å². The van der Waals surface area contributed by atoms with Gasteiger partial charge in [0.15, 0.2) is 5.52 Å². The fourth-order valence-electron chi connectivity index (χ4n) is 2.78. The summed E-state index contributed by atoms with van der Waals surface area (Å²) in [6.45, 7) is 0. The number of fused-ring (bicyclic) bond motifs is 1. The molecule has 1 heterocycles. The van der Waals surface area contributed by atoms with Gasteiger partial charge < -0.3 is 9.94 Å². The molecule has 3 aromatic carbocycles. The van der Waals surface area contributed by atoms with Gasteiger partial charge >= 0.3 is 5.84 Å². The second kappa shape index (κ2) is 6.68. The Labute approximate surface area is 150 Å². The number of rotatable bonds is 3. The Morgan fingerprint density at radius 2 is 1.62 bits per heavy atom. The van der Waals surface area contributed by atoms with Crippen molar-refractivity contribution in [2.24, 2.45) is 0 Å². The molecule has 0 saturated heterocycles. The molecular formula is C20H16N4O2. The highest BCUT2D eigenvalue weighted by Crippen LogP contribution is 2.19. The third kappa shape index (κ3) is 2.77. The number of benzene rings is 3. The molecule has 26 heavy (non-hydrogen) atoms. The molecule has 6 heteroatoms. The van der Waals surface area contributed by atoms with Gasteiger partial charge in [-0.3, -0.25) is 0 Å². The van der Waals surface area contributed by atoms with Crippen molar-refractivity contribution >= 4 is 22.6 Å². The maximum atomic E-state index is 13.2. The fourth-order valence-corrected chi connectivity index (χ4v) is 2.78. The van der Waals surface area contributed by atoms with Crippen LogP contribution in [-0.2, 0) is 0 Å². The highest BCUT2D eigenvalue weighted by Gasteiger charge is 2.22. The molecule has 6 nitrogen and oxygen atoms in total. The van der Waals surface area contributed by atoms with Crippen molar-refractivity contribution in [3.8, 4) is 5.75 Å². The lowest BCUT2D eigenvalue weighted by Crippen LogP contribution is -2.23. The summed E-state index contributed by atoms with van der Waals surface area (Å²) in [5.41, 5.74) is 2.70. The summed E-state index contributed by atoms with van der Waals surface area (Å²) in [5.74, 6) is 1.08. The minimum Gasteiger partial charge on any atom is -0.710 e. The largest absolute Gasteiger partial charge is 0.710 e. The van der Waals surface area contributed by atoms with Crippen molar-refractivity contribution in [1.29, 1.82) is 0 Å². The Bertz CT molecular complexity index is 1070. The summed E-state index contributed by atoms with van der Waals surface area (Å²) in [4.78, 5) is 0. The van der Waals surface area contributed by atoms with Crippen LogP contribution < -0.4 is 4.74 Å². The Morgan fingerprint density at radius 1 is 0.923 bits per heavy atom. The molecular weight excluding hydrogens is 328 g/mol. The lowest BCUT2D eigenvalue weighted by atomic mass is 10.2. The lowest BCUT2D eigenvalue weighted by molar-refractivity contribution is -0.363. The highest BCUT2D eigenvalue weighted by molar-refractivity contribution is 6.01. The molecule has 128 valence electrons. The van der Waals surface area contributed by atoms with E-state index in [4.69, 9.17) is 4.74 Å². The van der Waals surface area contributed by atoms with Crippen LogP contribution in [0.3, 0.4) is 0 Å². The first kappa shape index (κ1) is 15.8. The van der Waals surface area contributed by atoms with E-state index in [2.05, 4.69) is 10.3 Å². The van der Waals surface area contributed by atoms with Gasteiger partial charge in [0.1, 0.15) is 17.0 Å². The van der Waals surface area contributed by atoms with Gasteiger partial charge in [0, 0.05) is 5.21 Å². The zero-order chi connectivity index (χ0) is 17.9. The smallest absolute Gasteiger partial charge is 0.319 e. The Balaban J connectivity index is 1.98. The van der Waals surface area contributed by atoms with Gasteiger partial charge in [-0.1, -0.05) is 35.0 Å². The van der Waals surface area contributed by atoms with Crippen molar-refractivity contribution < 1.29 is 9.48 Å². The molecule has 0 saturated carbocycles. The molecule has 4 rings (SSSR count). The normalized spacial score (nSPS) is 12.0. The zero-order valence-corrected chi connectivity index (χ0v) is 14.1. The highest BCUT2D eigenvalue weighted by atomic mass is 16.5. The third-order valence-corrected chi connectivity index (χ3v) is 4.08. The predicted molar refractivity (Wildman–Crippen MR) is 99.8 cm³/mol. The van der Waals surface area contributed by atoms with Crippen LogP contribution in [-0.4, -0.2) is 32.7 Å². The summed E-state index contributed by atoms with van der Waals surface area (Å²) < 4.78 is 7.65. The van der Waals surface area contributed by atoms with Crippen LogP contribution in [0.15, 0.2) is 78.9 Å². The monoisotopic (exact) mass is 344 g/mol. The molecule has 0 bridgehead atoms. The molecule has 0 aliphatic heterocycles. The second-order valence-electron chi connectivity index (χ2n) is 5.67. The van der Waals surface area contributed by atoms with E-state index in [1.165, 1.54) is 0 Å². The summed E-state index contributed by atoms with van der Waals surface area (Å²) in [6, 6.07) is 23.9. The first-order valence-electron chi connectivity index (χ1n) is 8.12. The molecule has 0 N–H and O–H groups in total. The second-order valence-corrected chi connectivity index (χ2v) is 5.67. The topological polar surface area (TPSA) is 66.0 Å². The minimum absolute atomic E-state index is 0.368. The van der Waals surface area contributed by atoms with E-state index in [1.807, 2.05) is 66.7 Å². The average Bonchev–Trinajstić information content (AvgIpc) is 3.13. The molecule has 1 aromatic heterocycles. The molecule has 4 aromatic rings. The summed E-state index contributed by atoms with van der Waals surface area (Å²) in [7, 11) is 1.61. The Morgan fingerprint density at radius 3 is 2.35 bits per heavy atom. The van der Waals surface area contributed by atoms with Gasteiger partial charge in [0.25, 0.3) is 0 Å². The summed E-state index contributed by atoms with van der Waals surface area (Å²) >= 11 is 0. The van der Waals surface area contributed by atoms with Gasteiger partial charge in [0.2, 0.25) is 0 Å². The van der Waals surface area contributed by atoms with E-state index in [9.17, 15) is 5.21 Å². The number of ether oxygens (including phenoxy) is 1. The van der Waals surface area contributed by atoms with Crippen LogP contribution >= 0.6 is 0 Å². The van der Waals surface area contributed by atoms with Crippen LogP contribution in [0.2, 0.25) is 0 Å². The Kier molecular flexibility index (Phi) is 4.07. The van der Waals surface area contributed by atoms with Crippen molar-refractivity contribution in [3.63, 3.8) is 0 Å². The first-order chi connectivity index (χ1) is 12.8. The van der Waals surface area contributed by atoms with E-state index in [1.54, 1.807) is 23.9 Å². The summed E-state index contributed by atoms with van der Waals surface area (Å²) in [6.07, 6.45) is 0. The van der Waals surface area contributed by atoms with Gasteiger partial charge in [-0.15, -0.1) is 5.10 Å². The number of hydrogen-bond acceptors (Lipinski definition) is 4. The van der Waals surface area contributed by atoms with Crippen LogP contribution in [0, 0.1) is 5.21 Å². The van der Waals surface area contributed by atoms with Gasteiger partial charge in [0.05, 0.1) is 12.7 Å². The molecule has 0 radical (unpaired) electrons. The van der Waals surface area contributed by atoms with Crippen molar-refractivity contribution in [2.75, 3.05) is 7.11 Å². The lowest BCUT2D eigenvalue weighted by Gasteiger charge is -2.14. The maximum absolute atomic E-state index is 13.2. The first-order valence-corrected chi connectivity index (χ1v) is 8.12. The van der Waals surface area contributed by atoms with E-state index >= 15 is 0 Å². The number of para-hydroxylation sites is 2. The van der Waals surface area contributed by atoms with E-state index in [0.717, 1.165) is 15.8 Å². The standard InChI is InChI=1S/C20H16N4O2/c1-26-17-13-11-15(12-14-17)20(24(25)16-7-3-2-4-8-16)23-19-10-6-5-9-18(19)21-22-23/h2-14H,1H3/b24-20-. The summed E-state index contributed by atoms with van der Waals surface area (Å²) in [5, 5.41) is 21.6. The van der Waals surface area contributed by atoms with Crippen molar-refractivity contribution in [2.45, 2.75) is 0 Å². The Hall–Kier alpha value is -3.67. The fraction of sp³-hybridized carbons (Fsp3) is 0.0500. The average molecular weight is 344 g/mol. The number of methoxy groups -OCH3 is 1. The molecule has 0 atom stereocenters.